The van der Waals surface area contributed by atoms with Crippen molar-refractivity contribution >= 4 is 23.3 Å². The van der Waals surface area contributed by atoms with Gasteiger partial charge in [0.05, 0.1) is 12.6 Å². The van der Waals surface area contributed by atoms with Crippen LogP contribution in [0.5, 0.6) is 0 Å². The van der Waals surface area contributed by atoms with Crippen molar-refractivity contribution in [2.75, 3.05) is 49.1 Å². The van der Waals surface area contributed by atoms with Gasteiger partial charge < -0.3 is 20.4 Å². The summed E-state index contributed by atoms with van der Waals surface area (Å²) in [5.74, 6) is 5.69. The number of hydrogen-bond donors (Lipinski definition) is 1. The lowest BCUT2D eigenvalue weighted by Crippen LogP contribution is -2.46. The van der Waals surface area contributed by atoms with E-state index in [0.717, 1.165) is 56.8 Å². The second-order valence-electron chi connectivity index (χ2n) is 8.18. The molecule has 1 aromatic carbocycles. The summed E-state index contributed by atoms with van der Waals surface area (Å²) in [4.78, 5) is 13.5. The maximum atomic E-state index is 5.74. The zero-order valence-electron chi connectivity index (χ0n) is 18.3. The number of nitrogens with zero attached hydrogens (tertiary/aromatic N) is 5. The fourth-order valence-corrected chi connectivity index (χ4v) is 4.29. The van der Waals surface area contributed by atoms with Gasteiger partial charge in [0.15, 0.2) is 0 Å². The Morgan fingerprint density at radius 3 is 2.48 bits per heavy atom. The molecular weight excluding hydrogens is 388 g/mol. The number of nitrogens with two attached hydrogens (primary N) is 1. The van der Waals surface area contributed by atoms with E-state index in [2.05, 4.69) is 62.1 Å². The molecule has 2 aliphatic rings. The Labute approximate surface area is 184 Å². The predicted octanol–water partition coefficient (Wildman–Crippen LogP) is 3.02. The lowest BCUT2D eigenvalue weighted by molar-refractivity contribution is 0.0226. The lowest BCUT2D eigenvalue weighted by atomic mass is 10.0. The van der Waals surface area contributed by atoms with Crippen LogP contribution in [-0.2, 0) is 4.74 Å². The van der Waals surface area contributed by atoms with Crippen molar-refractivity contribution in [3.63, 3.8) is 0 Å². The normalized spacial score (nSPS) is 20.4. The summed E-state index contributed by atoms with van der Waals surface area (Å²) in [6.07, 6.45) is 9.16. The molecule has 7 nitrogen and oxygen atoms in total. The number of aromatic nitrogens is 1. The molecule has 2 aliphatic heterocycles. The summed E-state index contributed by atoms with van der Waals surface area (Å²) < 4.78 is 5.74. The fraction of sp³-hybridized carbons (Fsp3) is 0.458. The number of benzene rings is 1. The van der Waals surface area contributed by atoms with Gasteiger partial charge in [0.2, 0.25) is 0 Å². The molecule has 0 amide bonds. The minimum absolute atomic E-state index is 0.221. The molecule has 2 aromatic rings. The van der Waals surface area contributed by atoms with E-state index in [-0.39, 0.29) is 6.10 Å². The van der Waals surface area contributed by atoms with Crippen LogP contribution in [0.3, 0.4) is 0 Å². The van der Waals surface area contributed by atoms with Crippen LogP contribution in [-0.4, -0.2) is 62.3 Å². The van der Waals surface area contributed by atoms with Crippen LogP contribution in [0.15, 0.2) is 52.8 Å². The highest BCUT2D eigenvalue weighted by Gasteiger charge is 2.18. The zero-order chi connectivity index (χ0) is 21.5. The van der Waals surface area contributed by atoms with Crippen molar-refractivity contribution < 1.29 is 4.74 Å². The van der Waals surface area contributed by atoms with E-state index < -0.39 is 0 Å². The van der Waals surface area contributed by atoms with Crippen molar-refractivity contribution in [3.8, 4) is 0 Å². The van der Waals surface area contributed by atoms with Gasteiger partial charge in [-0.2, -0.15) is 5.10 Å². The molecule has 0 bridgehead atoms. The number of hydrazone groups is 1. The zero-order valence-corrected chi connectivity index (χ0v) is 18.3. The summed E-state index contributed by atoms with van der Waals surface area (Å²) in [7, 11) is 0. The van der Waals surface area contributed by atoms with Gasteiger partial charge in [-0.05, 0) is 56.0 Å². The van der Waals surface area contributed by atoms with Gasteiger partial charge in [-0.1, -0.05) is 6.07 Å². The third kappa shape index (κ3) is 5.41. The highest BCUT2D eigenvalue weighted by molar-refractivity contribution is 6.38. The molecule has 0 aliphatic carbocycles. The summed E-state index contributed by atoms with van der Waals surface area (Å²) >= 11 is 0. The average Bonchev–Trinajstić information content (AvgIpc) is 2.83. The van der Waals surface area contributed by atoms with Gasteiger partial charge in [0.25, 0.3) is 0 Å². The van der Waals surface area contributed by atoms with Crippen molar-refractivity contribution in [2.24, 2.45) is 15.9 Å². The number of piperazine rings is 1. The molecule has 1 aromatic heterocycles. The van der Waals surface area contributed by atoms with Crippen molar-refractivity contribution in [3.05, 3.63) is 53.9 Å². The molecule has 2 fully saturated rings. The molecule has 164 valence electrons. The highest BCUT2D eigenvalue weighted by Crippen LogP contribution is 2.23. The molecular formula is C24H32N6O. The number of anilines is 2. The Balaban J connectivity index is 1.37. The first-order chi connectivity index (χ1) is 15.2. The Morgan fingerprint density at radius 2 is 1.84 bits per heavy atom. The van der Waals surface area contributed by atoms with Crippen LogP contribution >= 0.6 is 0 Å². The number of ether oxygens (including phenoxy) is 1. The van der Waals surface area contributed by atoms with Crippen LogP contribution in [0.2, 0.25) is 0 Å². The van der Waals surface area contributed by atoms with E-state index in [0.29, 0.717) is 12.3 Å². The third-order valence-corrected chi connectivity index (χ3v) is 6.09. The van der Waals surface area contributed by atoms with Gasteiger partial charge in [-0.25, -0.2) is 0 Å². The Hall–Kier alpha value is -2.93. The molecule has 4 rings (SSSR count). The van der Waals surface area contributed by atoms with Crippen LogP contribution in [0.25, 0.3) is 0 Å². The first-order valence-electron chi connectivity index (χ1n) is 11.1. The summed E-state index contributed by atoms with van der Waals surface area (Å²) in [5, 5.41) is 3.99. The summed E-state index contributed by atoms with van der Waals surface area (Å²) in [6, 6.07) is 10.6. The maximum absolute atomic E-state index is 5.74. The van der Waals surface area contributed by atoms with E-state index in [1.165, 1.54) is 17.8 Å². The largest absolute Gasteiger partial charge is 0.376 e. The maximum Gasteiger partial charge on any atom is 0.108 e. The SMILES string of the molecule is Cc1cc(N2CCN(c3ccncc3)CC2)ccc1/C(C=NCC1CCCCO1)=N/N. The number of aliphatic imine (C=N–C) groups is 1. The second kappa shape index (κ2) is 10.4. The average molecular weight is 421 g/mol. The molecule has 1 unspecified atom stereocenters. The van der Waals surface area contributed by atoms with E-state index in [1.54, 1.807) is 6.21 Å². The highest BCUT2D eigenvalue weighted by atomic mass is 16.5. The van der Waals surface area contributed by atoms with Gasteiger partial charge in [0.1, 0.15) is 5.71 Å². The third-order valence-electron chi connectivity index (χ3n) is 6.09. The summed E-state index contributed by atoms with van der Waals surface area (Å²) in [6.45, 7) is 7.58. The van der Waals surface area contributed by atoms with E-state index in [4.69, 9.17) is 10.6 Å². The number of rotatable bonds is 6. The van der Waals surface area contributed by atoms with Crippen LogP contribution in [0, 0.1) is 6.92 Å². The van der Waals surface area contributed by atoms with Crippen molar-refractivity contribution in [1.29, 1.82) is 0 Å². The Morgan fingerprint density at radius 1 is 1.10 bits per heavy atom. The first-order valence-corrected chi connectivity index (χ1v) is 11.1. The smallest absolute Gasteiger partial charge is 0.108 e. The number of aryl methyl sites for hydroxylation is 1. The van der Waals surface area contributed by atoms with Crippen LogP contribution in [0.1, 0.15) is 30.4 Å². The van der Waals surface area contributed by atoms with Crippen molar-refractivity contribution in [2.45, 2.75) is 32.3 Å². The monoisotopic (exact) mass is 420 g/mol. The minimum Gasteiger partial charge on any atom is -0.376 e. The topological polar surface area (TPSA) is 79.3 Å². The molecule has 2 saturated heterocycles. The minimum atomic E-state index is 0.221. The molecule has 0 saturated carbocycles. The molecule has 2 N–H and O–H groups in total. The quantitative estimate of drug-likeness (QED) is 0.441. The van der Waals surface area contributed by atoms with Gasteiger partial charge in [-0.3, -0.25) is 9.98 Å². The van der Waals surface area contributed by atoms with E-state index in [9.17, 15) is 0 Å². The standard InChI is InChI=1S/C24H32N6O/c1-19-16-21(30-13-11-29(12-14-30)20-7-9-26-10-8-20)5-6-23(19)24(28-25)18-27-17-22-4-2-3-15-31-22/h5-10,16,18,22H,2-4,11-15,17,25H2,1H3/b27-18?,28-24+. The van der Waals surface area contributed by atoms with Crippen LogP contribution in [0.4, 0.5) is 11.4 Å². The molecule has 0 spiro atoms. The van der Waals surface area contributed by atoms with Gasteiger partial charge >= 0.3 is 0 Å². The molecule has 7 heteroatoms. The molecule has 3 heterocycles. The lowest BCUT2D eigenvalue weighted by Gasteiger charge is -2.37. The molecule has 31 heavy (non-hydrogen) atoms. The summed E-state index contributed by atoms with van der Waals surface area (Å²) in [5.41, 5.74) is 5.36. The van der Waals surface area contributed by atoms with E-state index in [1.807, 2.05) is 12.4 Å². The Bertz CT molecular complexity index is 900. The predicted molar refractivity (Wildman–Crippen MR) is 128 cm³/mol. The van der Waals surface area contributed by atoms with Gasteiger partial charge in [0, 0.05) is 68.3 Å². The van der Waals surface area contributed by atoms with E-state index >= 15 is 0 Å². The molecule has 1 atom stereocenters. The van der Waals surface area contributed by atoms with Crippen molar-refractivity contribution in [1.82, 2.24) is 4.98 Å². The van der Waals surface area contributed by atoms with Gasteiger partial charge in [-0.15, -0.1) is 0 Å². The van der Waals surface area contributed by atoms with Crippen LogP contribution < -0.4 is 15.6 Å². The molecule has 0 radical (unpaired) electrons. The Kier molecular flexibility index (Phi) is 7.14. The second-order valence-corrected chi connectivity index (χ2v) is 8.18. The fourth-order valence-electron chi connectivity index (χ4n) is 4.29. The first kappa shape index (κ1) is 21.3. The number of pyridine rings is 1. The number of hydrogen-bond acceptors (Lipinski definition) is 7.